The highest BCUT2D eigenvalue weighted by Gasteiger charge is 2.28. The van der Waals surface area contributed by atoms with Crippen LogP contribution in [0.4, 0.5) is 0 Å². The summed E-state index contributed by atoms with van der Waals surface area (Å²) < 4.78 is 10.5. The van der Waals surface area contributed by atoms with Gasteiger partial charge < -0.3 is 20.1 Å². The number of likely N-dealkylation sites (tertiary alicyclic amines) is 1. The van der Waals surface area contributed by atoms with E-state index in [9.17, 15) is 4.79 Å². The SMILES string of the molecule is COc1ccc(C(=O)N2CCC(C)C(CN)C2)cc1OC. The van der Waals surface area contributed by atoms with E-state index in [1.165, 1.54) is 0 Å². The number of carbonyl (C=O) groups excluding carboxylic acids is 1. The molecule has 116 valence electrons. The Hall–Kier alpha value is -1.75. The van der Waals surface area contributed by atoms with Crippen LogP contribution in [0.1, 0.15) is 23.7 Å². The van der Waals surface area contributed by atoms with E-state index in [0.29, 0.717) is 35.4 Å². The van der Waals surface area contributed by atoms with Crippen LogP contribution in [0.5, 0.6) is 11.5 Å². The minimum Gasteiger partial charge on any atom is -0.493 e. The summed E-state index contributed by atoms with van der Waals surface area (Å²) in [6.07, 6.45) is 1.00. The van der Waals surface area contributed by atoms with Gasteiger partial charge in [-0.3, -0.25) is 4.79 Å². The Labute approximate surface area is 126 Å². The zero-order valence-electron chi connectivity index (χ0n) is 13.0. The zero-order valence-corrected chi connectivity index (χ0v) is 13.0. The van der Waals surface area contributed by atoms with Crippen LogP contribution in [-0.2, 0) is 0 Å². The lowest BCUT2D eigenvalue weighted by Gasteiger charge is -2.36. The van der Waals surface area contributed by atoms with E-state index in [1.807, 2.05) is 4.90 Å². The molecule has 2 N–H and O–H groups in total. The van der Waals surface area contributed by atoms with Gasteiger partial charge in [0.05, 0.1) is 14.2 Å². The van der Waals surface area contributed by atoms with Gasteiger partial charge in [0.25, 0.3) is 5.91 Å². The highest BCUT2D eigenvalue weighted by atomic mass is 16.5. The van der Waals surface area contributed by atoms with Crippen LogP contribution in [0.25, 0.3) is 0 Å². The summed E-state index contributed by atoms with van der Waals surface area (Å²) in [6, 6.07) is 5.27. The molecule has 1 aliphatic heterocycles. The van der Waals surface area contributed by atoms with Crippen LogP contribution in [-0.4, -0.2) is 44.7 Å². The number of hydrogen-bond donors (Lipinski definition) is 1. The van der Waals surface area contributed by atoms with Crippen molar-refractivity contribution in [1.29, 1.82) is 0 Å². The molecule has 0 bridgehead atoms. The van der Waals surface area contributed by atoms with Crippen LogP contribution in [0.15, 0.2) is 18.2 Å². The number of carbonyl (C=O) groups is 1. The largest absolute Gasteiger partial charge is 0.493 e. The number of rotatable bonds is 4. The van der Waals surface area contributed by atoms with E-state index in [1.54, 1.807) is 32.4 Å². The summed E-state index contributed by atoms with van der Waals surface area (Å²) >= 11 is 0. The van der Waals surface area contributed by atoms with Gasteiger partial charge in [-0.2, -0.15) is 0 Å². The average molecular weight is 292 g/mol. The molecule has 1 heterocycles. The van der Waals surface area contributed by atoms with Gasteiger partial charge in [-0.05, 0) is 43.0 Å². The van der Waals surface area contributed by atoms with Gasteiger partial charge in [-0.15, -0.1) is 0 Å². The molecule has 0 spiro atoms. The molecule has 2 unspecified atom stereocenters. The van der Waals surface area contributed by atoms with Crippen molar-refractivity contribution in [1.82, 2.24) is 4.90 Å². The first kappa shape index (κ1) is 15.6. The van der Waals surface area contributed by atoms with E-state index in [0.717, 1.165) is 19.5 Å². The number of nitrogens with zero attached hydrogens (tertiary/aromatic N) is 1. The molecule has 5 heteroatoms. The van der Waals surface area contributed by atoms with Gasteiger partial charge in [-0.25, -0.2) is 0 Å². The second kappa shape index (κ2) is 6.80. The molecular formula is C16H24N2O3. The fraction of sp³-hybridized carbons (Fsp3) is 0.562. The highest BCUT2D eigenvalue weighted by molar-refractivity contribution is 5.95. The third-order valence-electron chi connectivity index (χ3n) is 4.33. The molecule has 0 saturated carbocycles. The number of nitrogens with two attached hydrogens (primary N) is 1. The monoisotopic (exact) mass is 292 g/mol. The summed E-state index contributed by atoms with van der Waals surface area (Å²) in [4.78, 5) is 14.5. The van der Waals surface area contributed by atoms with E-state index < -0.39 is 0 Å². The van der Waals surface area contributed by atoms with Crippen molar-refractivity contribution in [3.8, 4) is 11.5 Å². The number of methoxy groups -OCH3 is 2. The van der Waals surface area contributed by atoms with Crippen molar-refractivity contribution in [3.05, 3.63) is 23.8 Å². The molecule has 5 nitrogen and oxygen atoms in total. The van der Waals surface area contributed by atoms with Crippen molar-refractivity contribution >= 4 is 5.91 Å². The van der Waals surface area contributed by atoms with Gasteiger partial charge in [0.1, 0.15) is 0 Å². The lowest BCUT2D eigenvalue weighted by Crippen LogP contribution is -2.45. The molecule has 2 rings (SSSR count). The van der Waals surface area contributed by atoms with Crippen molar-refractivity contribution < 1.29 is 14.3 Å². The summed E-state index contributed by atoms with van der Waals surface area (Å²) in [5.74, 6) is 2.18. The number of hydrogen-bond acceptors (Lipinski definition) is 4. The van der Waals surface area contributed by atoms with Gasteiger partial charge in [0.15, 0.2) is 11.5 Å². The maximum absolute atomic E-state index is 12.6. The van der Waals surface area contributed by atoms with E-state index in [2.05, 4.69) is 6.92 Å². The van der Waals surface area contributed by atoms with Crippen molar-refractivity contribution in [2.45, 2.75) is 13.3 Å². The third-order valence-corrected chi connectivity index (χ3v) is 4.33. The van der Waals surface area contributed by atoms with Gasteiger partial charge in [0.2, 0.25) is 0 Å². The second-order valence-electron chi connectivity index (χ2n) is 5.58. The predicted octanol–water partition coefficient (Wildman–Crippen LogP) is 1.76. The Morgan fingerprint density at radius 1 is 1.33 bits per heavy atom. The number of piperidine rings is 1. The highest BCUT2D eigenvalue weighted by Crippen LogP contribution is 2.29. The lowest BCUT2D eigenvalue weighted by molar-refractivity contribution is 0.0618. The molecule has 2 atom stereocenters. The smallest absolute Gasteiger partial charge is 0.254 e. The first-order chi connectivity index (χ1) is 10.1. The molecule has 1 aliphatic rings. The fourth-order valence-electron chi connectivity index (χ4n) is 2.79. The summed E-state index contributed by atoms with van der Waals surface area (Å²) in [5.41, 5.74) is 6.43. The van der Waals surface area contributed by atoms with Crippen LogP contribution in [0, 0.1) is 11.8 Å². The molecule has 0 aromatic heterocycles. The topological polar surface area (TPSA) is 64.8 Å². The number of amides is 1. The quantitative estimate of drug-likeness (QED) is 0.918. The normalized spacial score (nSPS) is 22.0. The molecule has 1 amide bonds. The van der Waals surface area contributed by atoms with Gasteiger partial charge in [0, 0.05) is 18.7 Å². The van der Waals surface area contributed by atoms with Crippen LogP contribution in [0.3, 0.4) is 0 Å². The molecule has 0 radical (unpaired) electrons. The maximum Gasteiger partial charge on any atom is 0.254 e. The summed E-state index contributed by atoms with van der Waals surface area (Å²) in [5, 5.41) is 0. The van der Waals surface area contributed by atoms with Gasteiger partial charge >= 0.3 is 0 Å². The molecule has 1 saturated heterocycles. The van der Waals surface area contributed by atoms with Crippen molar-refractivity contribution in [2.75, 3.05) is 33.9 Å². The van der Waals surface area contributed by atoms with Crippen molar-refractivity contribution in [2.24, 2.45) is 17.6 Å². The first-order valence-electron chi connectivity index (χ1n) is 7.32. The second-order valence-corrected chi connectivity index (χ2v) is 5.58. The van der Waals surface area contributed by atoms with E-state index in [4.69, 9.17) is 15.2 Å². The molecule has 1 fully saturated rings. The standard InChI is InChI=1S/C16H24N2O3/c1-11-6-7-18(10-13(11)9-17)16(19)12-4-5-14(20-2)15(8-12)21-3/h4-5,8,11,13H,6-7,9-10,17H2,1-3H3. The van der Waals surface area contributed by atoms with Gasteiger partial charge in [-0.1, -0.05) is 6.92 Å². The average Bonchev–Trinajstić information content (AvgIpc) is 2.53. The molecule has 21 heavy (non-hydrogen) atoms. The van der Waals surface area contributed by atoms with Crippen molar-refractivity contribution in [3.63, 3.8) is 0 Å². The lowest BCUT2D eigenvalue weighted by atomic mass is 9.87. The van der Waals surface area contributed by atoms with E-state index in [-0.39, 0.29) is 5.91 Å². The zero-order chi connectivity index (χ0) is 15.4. The Bertz CT molecular complexity index is 504. The Morgan fingerprint density at radius 3 is 2.67 bits per heavy atom. The van der Waals surface area contributed by atoms with Crippen LogP contribution in [0.2, 0.25) is 0 Å². The molecule has 1 aromatic carbocycles. The third kappa shape index (κ3) is 3.29. The first-order valence-corrected chi connectivity index (χ1v) is 7.32. The summed E-state index contributed by atoms with van der Waals surface area (Å²) in [7, 11) is 3.15. The summed E-state index contributed by atoms with van der Waals surface area (Å²) in [6.45, 7) is 4.34. The Morgan fingerprint density at radius 2 is 2.05 bits per heavy atom. The minimum atomic E-state index is 0.0290. The minimum absolute atomic E-state index is 0.0290. The molecule has 1 aromatic rings. The predicted molar refractivity (Wildman–Crippen MR) is 81.8 cm³/mol. The van der Waals surface area contributed by atoms with Crippen LogP contribution >= 0.6 is 0 Å². The molecule has 0 aliphatic carbocycles. The number of ether oxygens (including phenoxy) is 2. The molecular weight excluding hydrogens is 268 g/mol. The maximum atomic E-state index is 12.6. The number of benzene rings is 1. The Kier molecular flexibility index (Phi) is 5.07. The van der Waals surface area contributed by atoms with E-state index >= 15 is 0 Å². The fourth-order valence-corrected chi connectivity index (χ4v) is 2.79. The Balaban J connectivity index is 2.16. The van der Waals surface area contributed by atoms with Crippen LogP contribution < -0.4 is 15.2 Å².